The molecular formula is C12H16N4. The highest BCUT2D eigenvalue weighted by Gasteiger charge is 2.06. The maximum absolute atomic E-state index is 4.33. The summed E-state index contributed by atoms with van der Waals surface area (Å²) >= 11 is 0. The van der Waals surface area contributed by atoms with Crippen LogP contribution < -0.4 is 5.32 Å². The Labute approximate surface area is 95.3 Å². The molecule has 0 saturated carbocycles. The number of nitrogens with zero attached hydrogens (tertiary/aromatic N) is 3. The first-order valence-corrected chi connectivity index (χ1v) is 5.32. The zero-order chi connectivity index (χ0) is 11.5. The lowest BCUT2D eigenvalue weighted by molar-refractivity contribution is 0.781. The Morgan fingerprint density at radius 2 is 2.12 bits per heavy atom. The fourth-order valence-electron chi connectivity index (χ4n) is 1.66. The van der Waals surface area contributed by atoms with Crippen molar-refractivity contribution in [3.63, 3.8) is 0 Å². The first-order chi connectivity index (χ1) is 7.70. The average molecular weight is 216 g/mol. The van der Waals surface area contributed by atoms with Crippen molar-refractivity contribution in [3.05, 3.63) is 41.5 Å². The van der Waals surface area contributed by atoms with E-state index in [0.717, 1.165) is 29.1 Å². The van der Waals surface area contributed by atoms with E-state index in [4.69, 9.17) is 0 Å². The van der Waals surface area contributed by atoms with Gasteiger partial charge in [0.25, 0.3) is 0 Å². The predicted octanol–water partition coefficient (Wildman–Crippen LogP) is 1.60. The van der Waals surface area contributed by atoms with Gasteiger partial charge in [0.15, 0.2) is 0 Å². The van der Waals surface area contributed by atoms with E-state index in [9.17, 15) is 0 Å². The smallest absolute Gasteiger partial charge is 0.0724 e. The van der Waals surface area contributed by atoms with E-state index in [2.05, 4.69) is 21.5 Å². The highest BCUT2D eigenvalue weighted by atomic mass is 15.3. The van der Waals surface area contributed by atoms with Crippen LogP contribution in [-0.4, -0.2) is 21.8 Å². The second-order valence-corrected chi connectivity index (χ2v) is 3.95. The number of nitrogens with one attached hydrogen (secondary N) is 1. The molecule has 0 saturated heterocycles. The van der Waals surface area contributed by atoms with Crippen molar-refractivity contribution >= 4 is 0 Å². The Balaban J connectivity index is 2.48. The summed E-state index contributed by atoms with van der Waals surface area (Å²) in [4.78, 5) is 4.31. The predicted molar refractivity (Wildman–Crippen MR) is 63.6 cm³/mol. The van der Waals surface area contributed by atoms with Crippen molar-refractivity contribution in [1.29, 1.82) is 0 Å². The summed E-state index contributed by atoms with van der Waals surface area (Å²) < 4.78 is 1.90. The lowest BCUT2D eigenvalue weighted by atomic mass is 10.2. The minimum absolute atomic E-state index is 0.793. The van der Waals surface area contributed by atoms with Crippen LogP contribution in [0.2, 0.25) is 0 Å². The van der Waals surface area contributed by atoms with Crippen molar-refractivity contribution < 1.29 is 0 Å². The minimum atomic E-state index is 0.793. The zero-order valence-electron chi connectivity index (χ0n) is 9.86. The van der Waals surface area contributed by atoms with Gasteiger partial charge >= 0.3 is 0 Å². The summed E-state index contributed by atoms with van der Waals surface area (Å²) in [7, 11) is 1.93. The Bertz CT molecular complexity index is 488. The molecule has 16 heavy (non-hydrogen) atoms. The van der Waals surface area contributed by atoms with Crippen molar-refractivity contribution in [2.45, 2.75) is 20.4 Å². The number of aryl methyl sites for hydroxylation is 2. The van der Waals surface area contributed by atoms with Crippen LogP contribution in [0.1, 0.15) is 16.8 Å². The third-order valence-electron chi connectivity index (χ3n) is 2.42. The molecule has 0 fully saturated rings. The van der Waals surface area contributed by atoms with Gasteiger partial charge in [-0.3, -0.25) is 4.98 Å². The summed E-state index contributed by atoms with van der Waals surface area (Å²) in [6.07, 6.45) is 5.78. The van der Waals surface area contributed by atoms with Crippen molar-refractivity contribution in [3.8, 4) is 5.69 Å². The molecule has 0 radical (unpaired) electrons. The molecule has 0 atom stereocenters. The lowest BCUT2D eigenvalue weighted by Crippen LogP contribution is -2.10. The molecular weight excluding hydrogens is 200 g/mol. The van der Waals surface area contributed by atoms with Gasteiger partial charge in [0, 0.05) is 30.2 Å². The molecule has 4 heteroatoms. The third kappa shape index (κ3) is 2.12. The Morgan fingerprint density at radius 1 is 1.31 bits per heavy atom. The van der Waals surface area contributed by atoms with Crippen molar-refractivity contribution in [1.82, 2.24) is 20.1 Å². The molecule has 1 N–H and O–H groups in total. The molecule has 2 rings (SSSR count). The van der Waals surface area contributed by atoms with Gasteiger partial charge < -0.3 is 5.32 Å². The molecule has 2 aromatic rings. The number of rotatable bonds is 3. The highest BCUT2D eigenvalue weighted by Crippen LogP contribution is 2.14. The minimum Gasteiger partial charge on any atom is -0.316 e. The molecule has 0 bridgehead atoms. The zero-order valence-corrected chi connectivity index (χ0v) is 9.86. The van der Waals surface area contributed by atoms with Crippen LogP contribution in [0, 0.1) is 13.8 Å². The number of pyridine rings is 1. The molecule has 0 aliphatic rings. The van der Waals surface area contributed by atoms with Gasteiger partial charge in [-0.05, 0) is 32.5 Å². The highest BCUT2D eigenvalue weighted by molar-refractivity contribution is 5.40. The van der Waals surface area contributed by atoms with Crippen LogP contribution in [0.25, 0.3) is 5.69 Å². The van der Waals surface area contributed by atoms with Gasteiger partial charge in [-0.2, -0.15) is 5.10 Å². The monoisotopic (exact) mass is 216 g/mol. The summed E-state index contributed by atoms with van der Waals surface area (Å²) in [6.45, 7) is 4.82. The topological polar surface area (TPSA) is 42.7 Å². The number of hydrogen-bond acceptors (Lipinski definition) is 3. The quantitative estimate of drug-likeness (QED) is 0.847. The molecule has 4 nitrogen and oxygen atoms in total. The van der Waals surface area contributed by atoms with E-state index in [0.29, 0.717) is 0 Å². The summed E-state index contributed by atoms with van der Waals surface area (Å²) in [5.74, 6) is 0. The Kier molecular flexibility index (Phi) is 3.01. The molecule has 0 unspecified atom stereocenters. The van der Waals surface area contributed by atoms with Crippen LogP contribution >= 0.6 is 0 Å². The van der Waals surface area contributed by atoms with Gasteiger partial charge in [-0.1, -0.05) is 0 Å². The van der Waals surface area contributed by atoms with Crippen LogP contribution in [0.5, 0.6) is 0 Å². The van der Waals surface area contributed by atoms with Crippen LogP contribution in [0.3, 0.4) is 0 Å². The van der Waals surface area contributed by atoms with Gasteiger partial charge in [0.2, 0.25) is 0 Å². The van der Waals surface area contributed by atoms with Gasteiger partial charge in [-0.25, -0.2) is 4.68 Å². The SMILES string of the molecule is CNCc1cnc(C)cc1-n1cc(C)cn1. The number of hydrogen-bond donors (Lipinski definition) is 1. The van der Waals surface area contributed by atoms with E-state index in [1.54, 1.807) is 0 Å². The van der Waals surface area contributed by atoms with Gasteiger partial charge in [0.05, 0.1) is 11.9 Å². The molecule has 0 aliphatic heterocycles. The van der Waals surface area contributed by atoms with Crippen molar-refractivity contribution in [2.24, 2.45) is 0 Å². The largest absolute Gasteiger partial charge is 0.316 e. The van der Waals surface area contributed by atoms with Gasteiger partial charge in [0.1, 0.15) is 0 Å². The van der Waals surface area contributed by atoms with Gasteiger partial charge in [-0.15, -0.1) is 0 Å². The van der Waals surface area contributed by atoms with E-state index >= 15 is 0 Å². The van der Waals surface area contributed by atoms with E-state index in [-0.39, 0.29) is 0 Å². The van der Waals surface area contributed by atoms with Crippen LogP contribution in [-0.2, 0) is 6.54 Å². The fourth-order valence-corrected chi connectivity index (χ4v) is 1.66. The Morgan fingerprint density at radius 3 is 2.75 bits per heavy atom. The molecule has 2 aromatic heterocycles. The van der Waals surface area contributed by atoms with Crippen LogP contribution in [0.15, 0.2) is 24.7 Å². The first kappa shape index (κ1) is 10.8. The maximum Gasteiger partial charge on any atom is 0.0724 e. The third-order valence-corrected chi connectivity index (χ3v) is 2.42. The summed E-state index contributed by atoms with van der Waals surface area (Å²) in [5, 5.41) is 7.47. The second-order valence-electron chi connectivity index (χ2n) is 3.95. The lowest BCUT2D eigenvalue weighted by Gasteiger charge is -2.09. The second kappa shape index (κ2) is 4.45. The molecule has 2 heterocycles. The summed E-state index contributed by atoms with van der Waals surface area (Å²) in [6, 6.07) is 2.05. The maximum atomic E-state index is 4.33. The van der Waals surface area contributed by atoms with E-state index < -0.39 is 0 Å². The standard InChI is InChI=1S/C12H16N4/c1-9-5-15-16(8-9)12-4-10(2)14-7-11(12)6-13-3/h4-5,7-8,13H,6H2,1-3H3. The summed E-state index contributed by atoms with van der Waals surface area (Å²) in [5.41, 5.74) is 4.40. The first-order valence-electron chi connectivity index (χ1n) is 5.32. The average Bonchev–Trinajstić information content (AvgIpc) is 2.68. The molecule has 0 amide bonds. The molecule has 0 aliphatic carbocycles. The fraction of sp³-hybridized carbons (Fsp3) is 0.333. The van der Waals surface area contributed by atoms with Crippen LogP contribution in [0.4, 0.5) is 0 Å². The van der Waals surface area contributed by atoms with E-state index in [1.165, 1.54) is 0 Å². The normalized spacial score (nSPS) is 10.7. The Hall–Kier alpha value is -1.68. The molecule has 0 aromatic carbocycles. The molecule has 0 spiro atoms. The molecule has 84 valence electrons. The number of aromatic nitrogens is 3. The van der Waals surface area contributed by atoms with Crippen molar-refractivity contribution in [2.75, 3.05) is 7.05 Å². The van der Waals surface area contributed by atoms with E-state index in [1.807, 2.05) is 44.2 Å².